The molecule has 1 saturated heterocycles. The number of hydrogen-bond donors (Lipinski definition) is 1. The van der Waals surface area contributed by atoms with Gasteiger partial charge in [0, 0.05) is 48.7 Å². The van der Waals surface area contributed by atoms with Crippen molar-refractivity contribution in [1.29, 1.82) is 0 Å². The minimum absolute atomic E-state index is 0.0904. The Labute approximate surface area is 231 Å². The molecule has 40 heavy (non-hydrogen) atoms. The van der Waals surface area contributed by atoms with E-state index in [0.717, 1.165) is 36.8 Å². The molecule has 0 unspecified atom stereocenters. The zero-order valence-corrected chi connectivity index (χ0v) is 22.6. The van der Waals surface area contributed by atoms with Crippen molar-refractivity contribution in [3.63, 3.8) is 0 Å². The zero-order valence-electron chi connectivity index (χ0n) is 22.6. The van der Waals surface area contributed by atoms with Gasteiger partial charge in [-0.3, -0.25) is 14.1 Å². The van der Waals surface area contributed by atoms with Gasteiger partial charge < -0.3 is 10.2 Å². The number of aromatic nitrogens is 2. The van der Waals surface area contributed by atoms with Gasteiger partial charge >= 0.3 is 6.18 Å². The Kier molecular flexibility index (Phi) is 7.66. The molecule has 6 nitrogen and oxygen atoms in total. The average molecular weight is 546 g/mol. The summed E-state index contributed by atoms with van der Waals surface area (Å²) in [5.41, 5.74) is 2.86. The minimum atomic E-state index is -4.54. The van der Waals surface area contributed by atoms with E-state index in [0.29, 0.717) is 22.9 Å². The van der Waals surface area contributed by atoms with Crippen LogP contribution in [-0.2, 0) is 12.7 Å². The van der Waals surface area contributed by atoms with Crippen LogP contribution >= 0.6 is 0 Å². The SMILES string of the molecule is Cc1ccc(C(=O)Nc2ccc(CN3CC[C@@H](N(C)C)C3)c(C(F)(F)F)c2)cc1C#Cc1cnc2ccccn12. The van der Waals surface area contributed by atoms with E-state index in [1.165, 1.54) is 12.1 Å². The topological polar surface area (TPSA) is 52.9 Å². The quantitative estimate of drug-likeness (QED) is 0.339. The van der Waals surface area contributed by atoms with Crippen molar-refractivity contribution < 1.29 is 18.0 Å². The van der Waals surface area contributed by atoms with Gasteiger partial charge in [0.15, 0.2) is 0 Å². The standard InChI is InChI=1S/C31H30F3N5O/c1-21-7-8-23(16-22(21)10-12-26-18-35-29-6-4-5-14-39(26)29)30(40)36-25-11-9-24(28(17-25)31(32,33)34)19-38-15-13-27(20-38)37(2)3/h4-9,11,14,16-18,27H,13,15,19-20H2,1-3H3,(H,36,40)/t27-/m1/s1. The van der Waals surface area contributed by atoms with Crippen molar-refractivity contribution in [2.75, 3.05) is 32.5 Å². The Balaban J connectivity index is 1.34. The van der Waals surface area contributed by atoms with Gasteiger partial charge in [-0.15, -0.1) is 0 Å². The summed E-state index contributed by atoms with van der Waals surface area (Å²) in [6, 6.07) is 15.1. The predicted octanol–water partition coefficient (Wildman–Crippen LogP) is 5.45. The van der Waals surface area contributed by atoms with E-state index in [2.05, 4.69) is 27.0 Å². The van der Waals surface area contributed by atoms with Gasteiger partial charge in [-0.25, -0.2) is 4.98 Å². The van der Waals surface area contributed by atoms with E-state index in [-0.39, 0.29) is 17.8 Å². The molecule has 4 aromatic rings. The number of imidazole rings is 1. The maximum Gasteiger partial charge on any atom is 0.416 e. The number of alkyl halides is 3. The molecular weight excluding hydrogens is 515 g/mol. The number of nitrogens with zero attached hydrogens (tertiary/aromatic N) is 4. The molecule has 0 saturated carbocycles. The molecule has 1 fully saturated rings. The Morgan fingerprint density at radius 2 is 1.95 bits per heavy atom. The van der Waals surface area contributed by atoms with Gasteiger partial charge in [0.25, 0.3) is 5.91 Å². The van der Waals surface area contributed by atoms with Crippen molar-refractivity contribution in [2.24, 2.45) is 0 Å². The molecule has 1 N–H and O–H groups in total. The summed E-state index contributed by atoms with van der Waals surface area (Å²) >= 11 is 0. The lowest BCUT2D eigenvalue weighted by Gasteiger charge is -2.22. The summed E-state index contributed by atoms with van der Waals surface area (Å²) in [7, 11) is 3.97. The first-order chi connectivity index (χ1) is 19.1. The maximum atomic E-state index is 14.0. The summed E-state index contributed by atoms with van der Waals surface area (Å²) in [5.74, 6) is 5.69. The normalized spacial score (nSPS) is 15.8. The van der Waals surface area contributed by atoms with E-state index in [1.54, 1.807) is 24.4 Å². The highest BCUT2D eigenvalue weighted by molar-refractivity contribution is 6.04. The first kappa shape index (κ1) is 27.4. The van der Waals surface area contributed by atoms with Crippen LogP contribution in [0, 0.1) is 18.8 Å². The third kappa shape index (κ3) is 6.03. The smallest absolute Gasteiger partial charge is 0.322 e. The van der Waals surface area contributed by atoms with Crippen molar-refractivity contribution in [3.05, 3.63) is 101 Å². The van der Waals surface area contributed by atoms with Crippen LogP contribution in [0.15, 0.2) is 67.0 Å². The monoisotopic (exact) mass is 545 g/mol. The van der Waals surface area contributed by atoms with Crippen LogP contribution in [0.3, 0.4) is 0 Å². The van der Waals surface area contributed by atoms with Crippen LogP contribution in [0.4, 0.5) is 18.9 Å². The highest BCUT2D eigenvalue weighted by atomic mass is 19.4. The Morgan fingerprint density at radius 1 is 1.12 bits per heavy atom. The van der Waals surface area contributed by atoms with Crippen LogP contribution in [-0.4, -0.2) is 58.3 Å². The van der Waals surface area contributed by atoms with Crippen LogP contribution < -0.4 is 5.32 Å². The number of hydrogen-bond acceptors (Lipinski definition) is 4. The number of aryl methyl sites for hydroxylation is 1. The second kappa shape index (κ2) is 11.2. The summed E-state index contributed by atoms with van der Waals surface area (Å²) < 4.78 is 43.9. The first-order valence-corrected chi connectivity index (χ1v) is 13.0. The van der Waals surface area contributed by atoms with Crippen LogP contribution in [0.2, 0.25) is 0 Å². The fourth-order valence-corrected chi connectivity index (χ4v) is 4.93. The Morgan fingerprint density at radius 3 is 2.70 bits per heavy atom. The predicted molar refractivity (Wildman–Crippen MR) is 149 cm³/mol. The Hall–Kier alpha value is -4.13. The van der Waals surface area contributed by atoms with E-state index < -0.39 is 17.6 Å². The lowest BCUT2D eigenvalue weighted by atomic mass is 10.0. The highest BCUT2D eigenvalue weighted by Gasteiger charge is 2.35. The van der Waals surface area contributed by atoms with Gasteiger partial charge in [-0.2, -0.15) is 13.2 Å². The van der Waals surface area contributed by atoms with Crippen LogP contribution in [0.1, 0.15) is 44.7 Å². The molecule has 1 amide bonds. The van der Waals surface area contributed by atoms with Crippen LogP contribution in [0.25, 0.3) is 5.65 Å². The molecule has 2 aromatic carbocycles. The number of pyridine rings is 1. The molecule has 1 aliphatic rings. The van der Waals surface area contributed by atoms with E-state index in [9.17, 15) is 18.0 Å². The number of carbonyl (C=O) groups excluding carboxylic acids is 1. The fraction of sp³-hybridized carbons (Fsp3) is 0.290. The van der Waals surface area contributed by atoms with E-state index >= 15 is 0 Å². The van der Waals surface area contributed by atoms with E-state index in [1.807, 2.05) is 54.7 Å². The zero-order chi connectivity index (χ0) is 28.4. The minimum Gasteiger partial charge on any atom is -0.322 e. The fourth-order valence-electron chi connectivity index (χ4n) is 4.93. The summed E-state index contributed by atoms with van der Waals surface area (Å²) in [4.78, 5) is 21.5. The molecule has 9 heteroatoms. The van der Waals surface area contributed by atoms with Crippen molar-refractivity contribution in [1.82, 2.24) is 19.2 Å². The third-order valence-electron chi connectivity index (χ3n) is 7.29. The first-order valence-electron chi connectivity index (χ1n) is 13.0. The number of anilines is 1. The van der Waals surface area contributed by atoms with Crippen molar-refractivity contribution in [2.45, 2.75) is 32.1 Å². The molecule has 0 aliphatic carbocycles. The molecule has 0 radical (unpaired) electrons. The molecule has 1 aliphatic heterocycles. The molecule has 2 aromatic heterocycles. The van der Waals surface area contributed by atoms with Gasteiger partial charge in [-0.1, -0.05) is 24.1 Å². The maximum absolute atomic E-state index is 14.0. The number of nitrogens with one attached hydrogen (secondary N) is 1. The van der Waals surface area contributed by atoms with Gasteiger partial charge in [0.2, 0.25) is 0 Å². The second-order valence-electron chi connectivity index (χ2n) is 10.3. The number of carbonyl (C=O) groups is 1. The molecule has 0 spiro atoms. The number of likely N-dealkylation sites (tertiary alicyclic amines) is 1. The van der Waals surface area contributed by atoms with Gasteiger partial charge in [-0.05, 0) is 80.9 Å². The lowest BCUT2D eigenvalue weighted by Crippen LogP contribution is -2.31. The Bertz CT molecular complexity index is 1610. The summed E-state index contributed by atoms with van der Waals surface area (Å²) in [5, 5.41) is 2.63. The number of likely N-dealkylation sites (N-methyl/N-ethyl adjacent to an activating group) is 1. The molecule has 1 atom stereocenters. The number of rotatable bonds is 5. The average Bonchev–Trinajstić information content (AvgIpc) is 3.56. The lowest BCUT2D eigenvalue weighted by molar-refractivity contribution is -0.138. The molecule has 0 bridgehead atoms. The van der Waals surface area contributed by atoms with Crippen molar-refractivity contribution >= 4 is 17.2 Å². The van der Waals surface area contributed by atoms with E-state index in [4.69, 9.17) is 0 Å². The number of amides is 1. The molecule has 3 heterocycles. The summed E-state index contributed by atoms with van der Waals surface area (Å²) in [6.07, 6.45) is -0.0681. The van der Waals surface area contributed by atoms with Gasteiger partial charge in [0.1, 0.15) is 11.3 Å². The van der Waals surface area contributed by atoms with Crippen LogP contribution in [0.5, 0.6) is 0 Å². The summed E-state index contributed by atoms with van der Waals surface area (Å²) in [6.45, 7) is 3.56. The molecular formula is C31H30F3N5O. The largest absolute Gasteiger partial charge is 0.416 e. The number of benzene rings is 2. The number of halogens is 3. The molecule has 5 rings (SSSR count). The second-order valence-corrected chi connectivity index (χ2v) is 10.3. The van der Waals surface area contributed by atoms with Gasteiger partial charge in [0.05, 0.1) is 11.8 Å². The number of fused-ring (bicyclic) bond motifs is 1. The molecule has 206 valence electrons. The van der Waals surface area contributed by atoms with Crippen molar-refractivity contribution in [3.8, 4) is 11.8 Å². The highest BCUT2D eigenvalue weighted by Crippen LogP contribution is 2.35. The third-order valence-corrected chi connectivity index (χ3v) is 7.29.